The summed E-state index contributed by atoms with van der Waals surface area (Å²) in [6.45, 7) is 5.25. The van der Waals surface area contributed by atoms with Crippen LogP contribution in [-0.2, 0) is 22.6 Å². The van der Waals surface area contributed by atoms with Crippen LogP contribution < -0.4 is 4.74 Å². The van der Waals surface area contributed by atoms with Gasteiger partial charge < -0.3 is 19.5 Å². The topological polar surface area (TPSA) is 92.7 Å². The zero-order chi connectivity index (χ0) is 19.0. The Kier molecular flexibility index (Phi) is 4.55. The summed E-state index contributed by atoms with van der Waals surface area (Å²) in [7, 11) is 1.59. The fraction of sp³-hybridized carbons (Fsp3) is 0.474. The Morgan fingerprint density at radius 3 is 2.93 bits per heavy atom. The van der Waals surface area contributed by atoms with Gasteiger partial charge in [-0.2, -0.15) is 0 Å². The third-order valence-electron chi connectivity index (χ3n) is 5.00. The SMILES string of the molecule is COc1ccc(-c2nc3c([nH]2)CN(C(=O)[C@H]2CC(C(C)C)=NO2)CC3)cn1. The number of oxime groups is 1. The first kappa shape index (κ1) is 17.5. The van der Waals surface area contributed by atoms with E-state index >= 15 is 0 Å². The second-order valence-electron chi connectivity index (χ2n) is 7.15. The van der Waals surface area contributed by atoms with Crippen molar-refractivity contribution in [1.82, 2.24) is 19.9 Å². The number of amides is 1. The third-order valence-corrected chi connectivity index (χ3v) is 5.00. The maximum atomic E-state index is 12.8. The molecule has 0 aromatic carbocycles. The molecule has 2 aromatic rings. The minimum atomic E-state index is -0.503. The van der Waals surface area contributed by atoms with E-state index < -0.39 is 6.10 Å². The molecule has 0 radical (unpaired) electrons. The first-order chi connectivity index (χ1) is 13.0. The molecule has 0 fully saturated rings. The lowest BCUT2D eigenvalue weighted by Crippen LogP contribution is -2.42. The molecule has 0 saturated carbocycles. The summed E-state index contributed by atoms with van der Waals surface area (Å²) < 4.78 is 5.09. The predicted octanol–water partition coefficient (Wildman–Crippen LogP) is 2.17. The molecule has 2 aliphatic heterocycles. The predicted molar refractivity (Wildman–Crippen MR) is 99.3 cm³/mol. The van der Waals surface area contributed by atoms with Gasteiger partial charge >= 0.3 is 0 Å². The van der Waals surface area contributed by atoms with E-state index in [2.05, 4.69) is 34.0 Å². The van der Waals surface area contributed by atoms with E-state index in [1.165, 1.54) is 0 Å². The molecule has 0 spiro atoms. The van der Waals surface area contributed by atoms with E-state index in [0.29, 0.717) is 37.7 Å². The van der Waals surface area contributed by atoms with Gasteiger partial charge in [0, 0.05) is 37.2 Å². The average molecular weight is 369 g/mol. The van der Waals surface area contributed by atoms with E-state index in [0.717, 1.165) is 28.5 Å². The molecular weight excluding hydrogens is 346 g/mol. The highest BCUT2D eigenvalue weighted by Gasteiger charge is 2.34. The van der Waals surface area contributed by atoms with Crippen LogP contribution in [0.3, 0.4) is 0 Å². The smallest absolute Gasteiger partial charge is 0.267 e. The number of fused-ring (bicyclic) bond motifs is 1. The molecule has 0 unspecified atom stereocenters. The standard InChI is InChI=1S/C19H23N5O3/c1-11(2)14-8-16(27-23-14)19(25)24-7-6-13-15(10-24)22-18(21-13)12-4-5-17(26-3)20-9-12/h4-5,9,11,16H,6-8,10H2,1-3H3,(H,21,22)/t16-/m1/s1. The maximum absolute atomic E-state index is 12.8. The molecule has 27 heavy (non-hydrogen) atoms. The number of pyridine rings is 1. The maximum Gasteiger partial charge on any atom is 0.267 e. The largest absolute Gasteiger partial charge is 0.481 e. The summed E-state index contributed by atoms with van der Waals surface area (Å²) in [6.07, 6.45) is 2.51. The highest BCUT2D eigenvalue weighted by molar-refractivity contribution is 5.93. The molecule has 8 heteroatoms. The fourth-order valence-corrected chi connectivity index (χ4v) is 3.33. The molecule has 4 rings (SSSR count). The van der Waals surface area contributed by atoms with Gasteiger partial charge in [-0.1, -0.05) is 19.0 Å². The number of hydrogen-bond acceptors (Lipinski definition) is 6. The number of methoxy groups -OCH3 is 1. The van der Waals surface area contributed by atoms with Crippen molar-refractivity contribution in [3.8, 4) is 17.3 Å². The average Bonchev–Trinajstić information content (AvgIpc) is 3.34. The Morgan fingerprint density at radius 2 is 2.26 bits per heavy atom. The van der Waals surface area contributed by atoms with Crippen molar-refractivity contribution in [3.05, 3.63) is 29.7 Å². The van der Waals surface area contributed by atoms with Gasteiger partial charge in [0.15, 0.2) is 0 Å². The highest BCUT2D eigenvalue weighted by atomic mass is 16.6. The van der Waals surface area contributed by atoms with Crippen LogP contribution in [-0.4, -0.2) is 51.2 Å². The second-order valence-corrected chi connectivity index (χ2v) is 7.15. The number of hydrogen-bond donors (Lipinski definition) is 1. The first-order valence-electron chi connectivity index (χ1n) is 9.14. The van der Waals surface area contributed by atoms with E-state index in [1.807, 2.05) is 11.0 Å². The van der Waals surface area contributed by atoms with Gasteiger partial charge in [0.1, 0.15) is 5.82 Å². The number of carbonyl (C=O) groups excluding carboxylic acids is 1. The zero-order valence-corrected chi connectivity index (χ0v) is 15.7. The van der Waals surface area contributed by atoms with Crippen LogP contribution in [0.5, 0.6) is 5.88 Å². The summed E-state index contributed by atoms with van der Waals surface area (Å²) in [4.78, 5) is 32.2. The van der Waals surface area contributed by atoms with Crippen molar-refractivity contribution in [2.45, 2.75) is 39.3 Å². The summed E-state index contributed by atoms with van der Waals surface area (Å²) in [5, 5.41) is 4.07. The summed E-state index contributed by atoms with van der Waals surface area (Å²) >= 11 is 0. The van der Waals surface area contributed by atoms with Gasteiger partial charge in [-0.15, -0.1) is 0 Å². The van der Waals surface area contributed by atoms with Crippen molar-refractivity contribution < 1.29 is 14.4 Å². The second kappa shape index (κ2) is 7.02. The van der Waals surface area contributed by atoms with Gasteiger partial charge in [0.2, 0.25) is 12.0 Å². The number of carbonyl (C=O) groups is 1. The number of H-pyrrole nitrogens is 1. The Balaban J connectivity index is 1.45. The van der Waals surface area contributed by atoms with Gasteiger partial charge in [-0.05, 0) is 12.0 Å². The third kappa shape index (κ3) is 3.39. The zero-order valence-electron chi connectivity index (χ0n) is 15.7. The molecule has 1 amide bonds. The van der Waals surface area contributed by atoms with E-state index in [1.54, 1.807) is 19.4 Å². The normalized spacial score (nSPS) is 18.9. The number of aromatic amines is 1. The van der Waals surface area contributed by atoms with Crippen LogP contribution in [0.15, 0.2) is 23.5 Å². The van der Waals surface area contributed by atoms with Crippen molar-refractivity contribution >= 4 is 11.6 Å². The number of nitrogens with one attached hydrogen (secondary N) is 1. The monoisotopic (exact) mass is 369 g/mol. The summed E-state index contributed by atoms with van der Waals surface area (Å²) in [6, 6.07) is 3.71. The lowest BCUT2D eigenvalue weighted by Gasteiger charge is -2.27. The minimum absolute atomic E-state index is 0.0117. The van der Waals surface area contributed by atoms with Crippen LogP contribution in [0.2, 0.25) is 0 Å². The molecule has 2 aromatic heterocycles. The Labute approximate surface area is 157 Å². The van der Waals surface area contributed by atoms with Gasteiger partial charge in [0.25, 0.3) is 5.91 Å². The van der Waals surface area contributed by atoms with Gasteiger partial charge in [-0.25, -0.2) is 9.97 Å². The number of ether oxygens (including phenoxy) is 1. The van der Waals surface area contributed by atoms with Gasteiger partial charge in [0.05, 0.1) is 30.8 Å². The van der Waals surface area contributed by atoms with Gasteiger partial charge in [-0.3, -0.25) is 4.79 Å². The lowest BCUT2D eigenvalue weighted by atomic mass is 10.0. The van der Waals surface area contributed by atoms with Crippen LogP contribution in [0.1, 0.15) is 31.7 Å². The van der Waals surface area contributed by atoms with Crippen LogP contribution >= 0.6 is 0 Å². The fourth-order valence-electron chi connectivity index (χ4n) is 3.33. The molecule has 1 atom stereocenters. The molecule has 4 heterocycles. The lowest BCUT2D eigenvalue weighted by molar-refractivity contribution is -0.143. The Morgan fingerprint density at radius 1 is 1.41 bits per heavy atom. The summed E-state index contributed by atoms with van der Waals surface area (Å²) in [5.41, 5.74) is 3.79. The Bertz CT molecular complexity index is 872. The van der Waals surface area contributed by atoms with Crippen LogP contribution in [0.4, 0.5) is 0 Å². The molecule has 0 bridgehead atoms. The molecule has 142 valence electrons. The number of nitrogens with zero attached hydrogens (tertiary/aromatic N) is 4. The molecule has 0 aliphatic carbocycles. The van der Waals surface area contributed by atoms with Crippen LogP contribution in [0, 0.1) is 5.92 Å². The van der Waals surface area contributed by atoms with Crippen molar-refractivity contribution in [3.63, 3.8) is 0 Å². The molecule has 8 nitrogen and oxygen atoms in total. The highest BCUT2D eigenvalue weighted by Crippen LogP contribution is 2.25. The minimum Gasteiger partial charge on any atom is -0.481 e. The van der Waals surface area contributed by atoms with Crippen LogP contribution in [0.25, 0.3) is 11.4 Å². The Hall–Kier alpha value is -2.90. The van der Waals surface area contributed by atoms with Crippen molar-refractivity contribution in [2.24, 2.45) is 11.1 Å². The molecule has 1 N–H and O–H groups in total. The number of imidazole rings is 1. The first-order valence-corrected chi connectivity index (χ1v) is 9.14. The molecular formula is C19H23N5O3. The number of rotatable bonds is 4. The van der Waals surface area contributed by atoms with Crippen molar-refractivity contribution in [1.29, 1.82) is 0 Å². The number of aromatic nitrogens is 3. The van der Waals surface area contributed by atoms with E-state index in [-0.39, 0.29) is 5.91 Å². The molecule has 0 saturated heterocycles. The summed E-state index contributed by atoms with van der Waals surface area (Å²) in [5.74, 6) is 1.60. The van der Waals surface area contributed by atoms with E-state index in [9.17, 15) is 4.79 Å². The molecule has 2 aliphatic rings. The quantitative estimate of drug-likeness (QED) is 0.892. The van der Waals surface area contributed by atoms with E-state index in [4.69, 9.17) is 9.57 Å². The van der Waals surface area contributed by atoms with Crippen molar-refractivity contribution in [2.75, 3.05) is 13.7 Å².